The molecule has 0 aromatic rings. The maximum Gasteiger partial charge on any atom is 0.321 e. The monoisotopic (exact) mass is 466 g/mol. The van der Waals surface area contributed by atoms with Gasteiger partial charge in [0.2, 0.25) is 5.91 Å². The molecule has 0 aliphatic rings. The molecule has 6 heteroatoms. The van der Waals surface area contributed by atoms with Gasteiger partial charge in [-0.25, -0.2) is 0 Å². The Morgan fingerprint density at radius 1 is 0.969 bits per heavy atom. The second kappa shape index (κ2) is 18.0. The van der Waals surface area contributed by atoms with Crippen LogP contribution in [0.5, 0.6) is 0 Å². The van der Waals surface area contributed by atoms with Gasteiger partial charge in [0.1, 0.15) is 6.04 Å². The Kier molecular flexibility index (Phi) is 17.1. The lowest BCUT2D eigenvalue weighted by Gasteiger charge is -2.26. The first-order chi connectivity index (χ1) is 15.1. The van der Waals surface area contributed by atoms with Gasteiger partial charge in [-0.3, -0.25) is 9.59 Å². The first-order valence-electron chi connectivity index (χ1n) is 11.8. The molecule has 0 aliphatic heterocycles. The van der Waals surface area contributed by atoms with Crippen molar-refractivity contribution in [2.75, 3.05) is 18.1 Å². The van der Waals surface area contributed by atoms with Crippen LogP contribution in [0.2, 0.25) is 0 Å². The molecule has 3 atom stereocenters. The zero-order valence-electron chi connectivity index (χ0n) is 21.3. The average Bonchev–Trinajstić information content (AvgIpc) is 2.70. The van der Waals surface area contributed by atoms with Crippen LogP contribution in [-0.4, -0.2) is 47.1 Å². The van der Waals surface area contributed by atoms with Gasteiger partial charge in [0.15, 0.2) is 0 Å². The van der Waals surface area contributed by atoms with E-state index < -0.39 is 12.0 Å². The number of hydrogen-bond donors (Lipinski definition) is 3. The molecular weight excluding hydrogens is 420 g/mol. The van der Waals surface area contributed by atoms with Gasteiger partial charge in [-0.15, -0.1) is 0 Å². The number of aliphatic carboxylic acids is 1. The highest BCUT2D eigenvalue weighted by molar-refractivity contribution is 7.99. The molecule has 0 aliphatic carbocycles. The number of hydrogen-bond acceptors (Lipinski definition) is 4. The fraction of sp³-hybridized carbons (Fsp3) is 0.692. The van der Waals surface area contributed by atoms with Gasteiger partial charge in [-0.1, -0.05) is 55.2 Å². The van der Waals surface area contributed by atoms with E-state index in [4.69, 9.17) is 0 Å². The van der Waals surface area contributed by atoms with Crippen LogP contribution >= 0.6 is 11.8 Å². The molecule has 0 spiro atoms. The Labute approximate surface area is 200 Å². The molecule has 32 heavy (non-hydrogen) atoms. The summed E-state index contributed by atoms with van der Waals surface area (Å²) in [4.78, 5) is 23.1. The number of thioether (sulfide) groups is 1. The quantitative estimate of drug-likeness (QED) is 0.188. The summed E-state index contributed by atoms with van der Waals surface area (Å²) in [5, 5.41) is 15.6. The van der Waals surface area contributed by atoms with Crippen molar-refractivity contribution in [1.82, 2.24) is 10.6 Å². The summed E-state index contributed by atoms with van der Waals surface area (Å²) in [6.45, 7) is 14.7. The van der Waals surface area contributed by atoms with E-state index in [-0.39, 0.29) is 17.9 Å². The van der Waals surface area contributed by atoms with Crippen LogP contribution in [0.1, 0.15) is 80.6 Å². The summed E-state index contributed by atoms with van der Waals surface area (Å²) >= 11 is 1.62. The van der Waals surface area contributed by atoms with Crippen molar-refractivity contribution >= 4 is 23.6 Å². The third-order valence-electron chi connectivity index (χ3n) is 5.56. The summed E-state index contributed by atoms with van der Waals surface area (Å²) in [6.07, 6.45) is 12.1. The van der Waals surface area contributed by atoms with Crippen LogP contribution in [0.3, 0.4) is 0 Å². The minimum absolute atomic E-state index is 0.0648. The van der Waals surface area contributed by atoms with Crippen LogP contribution in [0.25, 0.3) is 0 Å². The van der Waals surface area contributed by atoms with E-state index in [1.807, 2.05) is 0 Å². The number of allylic oxidation sites excluding steroid dienone is 5. The number of amides is 1. The molecule has 0 fully saturated rings. The topological polar surface area (TPSA) is 78.4 Å². The van der Waals surface area contributed by atoms with E-state index in [1.165, 1.54) is 23.6 Å². The first kappa shape index (κ1) is 30.5. The van der Waals surface area contributed by atoms with Gasteiger partial charge in [-0.05, 0) is 59.3 Å². The number of nitrogens with one attached hydrogen (secondary N) is 2. The maximum absolute atomic E-state index is 11.6. The average molecular weight is 467 g/mol. The predicted octanol–water partition coefficient (Wildman–Crippen LogP) is 5.73. The molecule has 0 bridgehead atoms. The van der Waals surface area contributed by atoms with Crippen LogP contribution in [0.4, 0.5) is 0 Å². The minimum Gasteiger partial charge on any atom is -0.480 e. The molecule has 0 unspecified atom stereocenters. The Morgan fingerprint density at radius 2 is 1.56 bits per heavy atom. The summed E-state index contributed by atoms with van der Waals surface area (Å²) in [5.74, 6) is 0.648. The molecule has 0 radical (unpaired) electrons. The van der Waals surface area contributed by atoms with E-state index >= 15 is 0 Å². The number of carbonyl (C=O) groups excluding carboxylic acids is 1. The molecule has 0 aromatic carbocycles. The van der Waals surface area contributed by atoms with Crippen LogP contribution in [0, 0.1) is 5.92 Å². The van der Waals surface area contributed by atoms with Gasteiger partial charge in [0.25, 0.3) is 0 Å². The first-order valence-corrected chi connectivity index (χ1v) is 13.0. The lowest BCUT2D eigenvalue weighted by molar-refractivity contribution is -0.138. The molecule has 0 rings (SSSR count). The minimum atomic E-state index is -0.849. The van der Waals surface area contributed by atoms with E-state index in [0.29, 0.717) is 12.3 Å². The zero-order valence-corrected chi connectivity index (χ0v) is 22.1. The Balaban J connectivity index is 4.40. The number of carbonyl (C=O) groups is 2. The van der Waals surface area contributed by atoms with E-state index in [0.717, 1.165) is 37.9 Å². The van der Waals surface area contributed by atoms with Crippen molar-refractivity contribution in [3.63, 3.8) is 0 Å². The van der Waals surface area contributed by atoms with Crippen LogP contribution in [-0.2, 0) is 9.59 Å². The fourth-order valence-corrected chi connectivity index (χ4v) is 4.19. The van der Waals surface area contributed by atoms with Gasteiger partial charge in [-0.2, -0.15) is 11.8 Å². The van der Waals surface area contributed by atoms with Crippen LogP contribution < -0.4 is 10.6 Å². The highest BCUT2D eigenvalue weighted by Crippen LogP contribution is 2.13. The molecule has 184 valence electrons. The zero-order chi connectivity index (χ0) is 24.5. The van der Waals surface area contributed by atoms with Gasteiger partial charge in [0.05, 0.1) is 0 Å². The maximum atomic E-state index is 11.6. The summed E-state index contributed by atoms with van der Waals surface area (Å²) < 4.78 is 0. The van der Waals surface area contributed by atoms with Gasteiger partial charge < -0.3 is 15.7 Å². The number of carboxylic acids is 1. The van der Waals surface area contributed by atoms with Crippen molar-refractivity contribution < 1.29 is 14.7 Å². The summed E-state index contributed by atoms with van der Waals surface area (Å²) in [7, 11) is 0. The lowest BCUT2D eigenvalue weighted by atomic mass is 9.99. The Morgan fingerprint density at radius 3 is 2.09 bits per heavy atom. The normalized spacial score (nSPS) is 15.1. The van der Waals surface area contributed by atoms with E-state index in [1.54, 1.807) is 11.8 Å². The largest absolute Gasteiger partial charge is 0.480 e. The molecule has 3 N–H and O–H groups in total. The van der Waals surface area contributed by atoms with Crippen molar-refractivity contribution in [3.8, 4) is 0 Å². The highest BCUT2D eigenvalue weighted by Gasteiger charge is 2.22. The third-order valence-corrected chi connectivity index (χ3v) is 6.53. The van der Waals surface area contributed by atoms with E-state index in [9.17, 15) is 14.7 Å². The Hall–Kier alpha value is -1.53. The summed E-state index contributed by atoms with van der Waals surface area (Å²) in [5.41, 5.74) is 4.15. The van der Waals surface area contributed by atoms with Crippen molar-refractivity contribution in [3.05, 3.63) is 34.9 Å². The Bertz CT molecular complexity index is 651. The molecule has 0 saturated heterocycles. The fourth-order valence-electron chi connectivity index (χ4n) is 3.15. The van der Waals surface area contributed by atoms with Crippen molar-refractivity contribution in [2.24, 2.45) is 5.92 Å². The van der Waals surface area contributed by atoms with Crippen molar-refractivity contribution in [2.45, 2.75) is 92.7 Å². The van der Waals surface area contributed by atoms with Crippen LogP contribution in [0.15, 0.2) is 34.9 Å². The second-order valence-electron chi connectivity index (χ2n) is 8.99. The summed E-state index contributed by atoms with van der Waals surface area (Å²) in [6, 6.07) is -0.689. The standard InChI is InChI=1S/C26H46N2O3S/c1-8-22(6)24(28-23(7)29)17-27-25(26(30)31)18-32-16-15-21(5)14-10-13-20(4)12-9-11-19(2)3/h11,13,15,22,24-25,27H,8-10,12,14,16-18H2,1-7H3,(H,28,29)(H,30,31)/b20-13+,21-15+/t22-,24-,25-/m0/s1. The molecule has 5 nitrogen and oxygen atoms in total. The predicted molar refractivity (Wildman–Crippen MR) is 139 cm³/mol. The molecule has 0 aromatic heterocycles. The SMILES string of the molecule is CC[C@H](C)[C@H](CN[C@@H](CSC/C=C(\C)CC/C=C(\C)CCC=C(C)C)C(=O)O)NC(C)=O. The third kappa shape index (κ3) is 16.2. The highest BCUT2D eigenvalue weighted by atomic mass is 32.2. The molecule has 1 amide bonds. The number of rotatable bonds is 17. The molecular formula is C26H46N2O3S. The van der Waals surface area contributed by atoms with Crippen molar-refractivity contribution in [1.29, 1.82) is 0 Å². The molecule has 0 heterocycles. The van der Waals surface area contributed by atoms with Gasteiger partial charge in [0, 0.05) is 31.0 Å². The lowest BCUT2D eigenvalue weighted by Crippen LogP contribution is -2.50. The van der Waals surface area contributed by atoms with E-state index in [2.05, 4.69) is 70.4 Å². The second-order valence-corrected chi connectivity index (χ2v) is 10.1. The smallest absolute Gasteiger partial charge is 0.321 e. The van der Waals surface area contributed by atoms with Gasteiger partial charge >= 0.3 is 5.97 Å². The number of carboxylic acid groups (broad SMARTS) is 1. The molecule has 0 saturated carbocycles.